The van der Waals surface area contributed by atoms with E-state index >= 15 is 0 Å². The van der Waals surface area contributed by atoms with Crippen molar-refractivity contribution in [3.05, 3.63) is 50.6 Å². The third kappa shape index (κ3) is 4.30. The molecule has 0 aromatic heterocycles. The second-order valence-electron chi connectivity index (χ2n) is 2.61. The molecule has 0 aromatic carbocycles. The molecule has 0 unspecified atom stereocenters. The van der Waals surface area contributed by atoms with Crippen molar-refractivity contribution in [3.63, 3.8) is 0 Å². The Balaban J connectivity index is 4.07. The molecule has 0 rings (SSSR count). The number of hydrogen-bond donors (Lipinski definition) is 2. The molecule has 0 aromatic rings. The van der Waals surface area contributed by atoms with Crippen molar-refractivity contribution in [2.75, 3.05) is 0 Å². The SMILES string of the molecule is C=CC(C=C)NC(=O)NC(C=C)C=C. The largest absolute Gasteiger partial charge is 0.328 e. The van der Waals surface area contributed by atoms with Crippen LogP contribution in [0.4, 0.5) is 4.79 Å². The molecular weight excluding hydrogens is 176 g/mol. The summed E-state index contributed by atoms with van der Waals surface area (Å²) in [6.45, 7) is 14.2. The lowest BCUT2D eigenvalue weighted by Crippen LogP contribution is -2.43. The van der Waals surface area contributed by atoms with Crippen LogP contribution in [-0.4, -0.2) is 18.1 Å². The van der Waals surface area contributed by atoms with E-state index in [9.17, 15) is 4.79 Å². The van der Waals surface area contributed by atoms with Crippen LogP contribution in [0.1, 0.15) is 0 Å². The first-order valence-corrected chi connectivity index (χ1v) is 4.25. The molecule has 14 heavy (non-hydrogen) atoms. The van der Waals surface area contributed by atoms with Crippen molar-refractivity contribution in [1.29, 1.82) is 0 Å². The Bertz CT molecular complexity index is 206. The van der Waals surface area contributed by atoms with Crippen LogP contribution in [0.5, 0.6) is 0 Å². The van der Waals surface area contributed by atoms with E-state index in [-0.39, 0.29) is 18.1 Å². The van der Waals surface area contributed by atoms with Gasteiger partial charge in [-0.3, -0.25) is 0 Å². The van der Waals surface area contributed by atoms with Crippen molar-refractivity contribution in [3.8, 4) is 0 Å². The molecule has 0 fully saturated rings. The van der Waals surface area contributed by atoms with Gasteiger partial charge in [0.1, 0.15) is 0 Å². The monoisotopic (exact) mass is 192 g/mol. The van der Waals surface area contributed by atoms with Gasteiger partial charge in [0.2, 0.25) is 0 Å². The Morgan fingerprint density at radius 3 is 1.36 bits per heavy atom. The summed E-state index contributed by atoms with van der Waals surface area (Å²) < 4.78 is 0. The predicted molar refractivity (Wildman–Crippen MR) is 60.0 cm³/mol. The Morgan fingerprint density at radius 1 is 0.857 bits per heavy atom. The van der Waals surface area contributed by atoms with Gasteiger partial charge in [-0.1, -0.05) is 24.3 Å². The smallest absolute Gasteiger partial charge is 0.316 e. The zero-order chi connectivity index (χ0) is 11.0. The molecule has 2 amide bonds. The van der Waals surface area contributed by atoms with E-state index in [0.29, 0.717) is 0 Å². The molecule has 0 saturated carbocycles. The molecule has 76 valence electrons. The third-order valence-corrected chi connectivity index (χ3v) is 1.61. The maximum absolute atomic E-state index is 11.3. The van der Waals surface area contributed by atoms with Crippen molar-refractivity contribution in [2.24, 2.45) is 0 Å². The van der Waals surface area contributed by atoms with E-state index in [4.69, 9.17) is 0 Å². The maximum Gasteiger partial charge on any atom is 0.316 e. The van der Waals surface area contributed by atoms with E-state index in [0.717, 1.165) is 0 Å². The van der Waals surface area contributed by atoms with E-state index < -0.39 is 0 Å². The summed E-state index contributed by atoms with van der Waals surface area (Å²) in [4.78, 5) is 11.3. The molecule has 0 atom stereocenters. The lowest BCUT2D eigenvalue weighted by Gasteiger charge is -2.14. The molecule has 0 aliphatic heterocycles. The second kappa shape index (κ2) is 6.71. The highest BCUT2D eigenvalue weighted by atomic mass is 16.2. The minimum atomic E-state index is -0.306. The van der Waals surface area contributed by atoms with Crippen LogP contribution >= 0.6 is 0 Å². The molecule has 0 aliphatic carbocycles. The lowest BCUT2D eigenvalue weighted by atomic mass is 10.3. The van der Waals surface area contributed by atoms with Gasteiger partial charge in [-0.15, -0.1) is 26.3 Å². The minimum Gasteiger partial charge on any atom is -0.328 e. The van der Waals surface area contributed by atoms with Crippen LogP contribution in [0.2, 0.25) is 0 Å². The average Bonchev–Trinajstić information content (AvgIpc) is 2.22. The van der Waals surface area contributed by atoms with E-state index in [1.807, 2.05) is 0 Å². The van der Waals surface area contributed by atoms with Crippen LogP contribution in [-0.2, 0) is 0 Å². The molecule has 0 spiro atoms. The summed E-state index contributed by atoms with van der Waals surface area (Å²) in [7, 11) is 0. The fourth-order valence-corrected chi connectivity index (χ4v) is 0.773. The van der Waals surface area contributed by atoms with Crippen LogP contribution in [0, 0.1) is 0 Å². The summed E-state index contributed by atoms with van der Waals surface area (Å²) in [5, 5.41) is 5.27. The van der Waals surface area contributed by atoms with Crippen molar-refractivity contribution in [2.45, 2.75) is 12.1 Å². The summed E-state index contributed by atoms with van der Waals surface area (Å²) in [5.74, 6) is 0. The van der Waals surface area contributed by atoms with E-state index in [1.54, 1.807) is 24.3 Å². The fraction of sp³-hybridized carbons (Fsp3) is 0.182. The number of amides is 2. The van der Waals surface area contributed by atoms with Gasteiger partial charge in [-0.25, -0.2) is 4.79 Å². The van der Waals surface area contributed by atoms with Crippen LogP contribution in [0.25, 0.3) is 0 Å². The van der Waals surface area contributed by atoms with Gasteiger partial charge in [0.25, 0.3) is 0 Å². The number of carbonyl (C=O) groups is 1. The molecule has 3 heteroatoms. The molecule has 3 nitrogen and oxygen atoms in total. The lowest BCUT2D eigenvalue weighted by molar-refractivity contribution is 0.239. The highest BCUT2D eigenvalue weighted by molar-refractivity contribution is 5.75. The Labute approximate surface area is 84.9 Å². The van der Waals surface area contributed by atoms with Gasteiger partial charge in [0, 0.05) is 0 Å². The zero-order valence-electron chi connectivity index (χ0n) is 8.20. The standard InChI is InChI=1S/C11H16N2O/c1-5-9(6-2)12-11(14)13-10(7-3)8-4/h5-10H,1-4H2,(H2,12,13,14). The first-order valence-electron chi connectivity index (χ1n) is 4.25. The van der Waals surface area contributed by atoms with E-state index in [1.165, 1.54) is 0 Å². The number of urea groups is 1. The molecule has 2 N–H and O–H groups in total. The Morgan fingerprint density at radius 2 is 1.14 bits per heavy atom. The van der Waals surface area contributed by atoms with Crippen molar-refractivity contribution >= 4 is 6.03 Å². The molecular formula is C11H16N2O. The van der Waals surface area contributed by atoms with Gasteiger partial charge >= 0.3 is 6.03 Å². The Kier molecular flexibility index (Phi) is 5.87. The van der Waals surface area contributed by atoms with Crippen molar-refractivity contribution in [1.82, 2.24) is 10.6 Å². The second-order valence-corrected chi connectivity index (χ2v) is 2.61. The van der Waals surface area contributed by atoms with E-state index in [2.05, 4.69) is 36.9 Å². The number of hydrogen-bond acceptors (Lipinski definition) is 1. The van der Waals surface area contributed by atoms with Gasteiger partial charge < -0.3 is 10.6 Å². The zero-order valence-corrected chi connectivity index (χ0v) is 8.20. The molecule has 0 heterocycles. The average molecular weight is 192 g/mol. The van der Waals surface area contributed by atoms with Crippen LogP contribution in [0.15, 0.2) is 50.6 Å². The number of rotatable bonds is 6. The quantitative estimate of drug-likeness (QED) is 0.619. The molecule has 0 radical (unpaired) electrons. The molecule has 0 bridgehead atoms. The van der Waals surface area contributed by atoms with Gasteiger partial charge in [-0.05, 0) is 0 Å². The highest BCUT2D eigenvalue weighted by Crippen LogP contribution is 1.88. The molecule has 0 aliphatic rings. The van der Waals surface area contributed by atoms with Crippen LogP contribution in [0.3, 0.4) is 0 Å². The first-order chi connectivity index (χ1) is 6.67. The first kappa shape index (κ1) is 12.2. The number of nitrogens with one attached hydrogen (secondary N) is 2. The minimum absolute atomic E-state index is 0.231. The predicted octanol–water partition coefficient (Wildman–Crippen LogP) is 1.77. The highest BCUT2D eigenvalue weighted by Gasteiger charge is 2.06. The summed E-state index contributed by atoms with van der Waals surface area (Å²) in [6.07, 6.45) is 6.35. The summed E-state index contributed by atoms with van der Waals surface area (Å²) in [5.41, 5.74) is 0. The third-order valence-electron chi connectivity index (χ3n) is 1.61. The fourth-order valence-electron chi connectivity index (χ4n) is 0.773. The Hall–Kier alpha value is -1.77. The van der Waals surface area contributed by atoms with Gasteiger partial charge in [0.05, 0.1) is 12.1 Å². The summed E-state index contributed by atoms with van der Waals surface area (Å²) >= 11 is 0. The molecule has 0 saturated heterocycles. The normalized spacial score (nSPS) is 9.29. The summed E-state index contributed by atoms with van der Waals surface area (Å²) in [6, 6.07) is -0.768. The van der Waals surface area contributed by atoms with Crippen LogP contribution < -0.4 is 10.6 Å². The maximum atomic E-state index is 11.3. The van der Waals surface area contributed by atoms with Crippen molar-refractivity contribution < 1.29 is 4.79 Å². The number of carbonyl (C=O) groups excluding carboxylic acids is 1. The van der Waals surface area contributed by atoms with Gasteiger partial charge in [-0.2, -0.15) is 0 Å². The van der Waals surface area contributed by atoms with Gasteiger partial charge in [0.15, 0.2) is 0 Å². The topological polar surface area (TPSA) is 41.1 Å².